The summed E-state index contributed by atoms with van der Waals surface area (Å²) in [5.74, 6) is -0.624. The van der Waals surface area contributed by atoms with Crippen molar-refractivity contribution >= 4 is 12.0 Å². The minimum Gasteiger partial charge on any atom is -0.481 e. The van der Waals surface area contributed by atoms with Crippen LogP contribution in [0, 0.1) is 5.92 Å². The van der Waals surface area contributed by atoms with Crippen LogP contribution < -0.4 is 10.6 Å². The van der Waals surface area contributed by atoms with Gasteiger partial charge in [0.1, 0.15) is 0 Å². The first-order chi connectivity index (χ1) is 7.47. The Kier molecular flexibility index (Phi) is 7.28. The minimum atomic E-state index is -0.933. The zero-order valence-corrected chi connectivity index (χ0v) is 9.95. The third kappa shape index (κ3) is 7.05. The number of carbonyl (C=O) groups excluding carboxylic acids is 1. The number of methoxy groups -OCH3 is 1. The van der Waals surface area contributed by atoms with E-state index in [4.69, 9.17) is 9.84 Å². The fourth-order valence-corrected chi connectivity index (χ4v) is 1.13. The van der Waals surface area contributed by atoms with Crippen molar-refractivity contribution < 1.29 is 19.4 Å². The Morgan fingerprint density at radius 1 is 1.31 bits per heavy atom. The predicted octanol–water partition coefficient (Wildman–Crippen LogP) is 0.431. The third-order valence-corrected chi connectivity index (χ3v) is 2.13. The fourth-order valence-electron chi connectivity index (χ4n) is 1.13. The van der Waals surface area contributed by atoms with E-state index >= 15 is 0 Å². The molecule has 1 atom stereocenters. The van der Waals surface area contributed by atoms with Crippen molar-refractivity contribution in [3.05, 3.63) is 0 Å². The molecule has 0 fully saturated rings. The summed E-state index contributed by atoms with van der Waals surface area (Å²) in [6, 6.07) is -0.371. The number of carboxylic acid groups (broad SMARTS) is 1. The van der Waals surface area contributed by atoms with Crippen LogP contribution in [0.1, 0.15) is 20.3 Å². The monoisotopic (exact) mass is 232 g/mol. The van der Waals surface area contributed by atoms with Gasteiger partial charge in [-0.2, -0.15) is 0 Å². The molecule has 0 rings (SSSR count). The quantitative estimate of drug-likeness (QED) is 0.594. The molecule has 1 unspecified atom stereocenters. The molecule has 0 aromatic carbocycles. The molecule has 0 aromatic rings. The molecule has 0 radical (unpaired) electrons. The molecule has 6 heteroatoms. The number of carbonyl (C=O) groups is 2. The second-order valence-corrected chi connectivity index (χ2v) is 3.80. The maximum Gasteiger partial charge on any atom is 0.314 e. The van der Waals surface area contributed by atoms with E-state index in [2.05, 4.69) is 10.6 Å². The lowest BCUT2D eigenvalue weighted by Crippen LogP contribution is -2.42. The van der Waals surface area contributed by atoms with E-state index in [-0.39, 0.29) is 25.1 Å². The summed E-state index contributed by atoms with van der Waals surface area (Å²) in [5, 5.41) is 13.4. The van der Waals surface area contributed by atoms with E-state index in [1.807, 2.05) is 13.8 Å². The standard InChI is InChI=1S/C10H20N2O4/c1-7(2)8(16-3)6-12-10(15)11-5-4-9(13)14/h7-8H,4-6H2,1-3H3,(H,13,14)(H2,11,12,15). The molecule has 16 heavy (non-hydrogen) atoms. The number of hydrogen-bond acceptors (Lipinski definition) is 3. The van der Waals surface area contributed by atoms with Crippen LogP contribution in [0.3, 0.4) is 0 Å². The molecule has 2 amide bonds. The lowest BCUT2D eigenvalue weighted by Gasteiger charge is -2.19. The highest BCUT2D eigenvalue weighted by molar-refractivity contribution is 5.74. The lowest BCUT2D eigenvalue weighted by atomic mass is 10.1. The molecule has 0 bridgehead atoms. The zero-order chi connectivity index (χ0) is 12.6. The van der Waals surface area contributed by atoms with Crippen LogP contribution >= 0.6 is 0 Å². The Hall–Kier alpha value is -1.30. The van der Waals surface area contributed by atoms with E-state index in [0.29, 0.717) is 12.5 Å². The molecule has 94 valence electrons. The molecule has 0 aliphatic heterocycles. The van der Waals surface area contributed by atoms with Gasteiger partial charge in [0, 0.05) is 20.2 Å². The van der Waals surface area contributed by atoms with Crippen LogP contribution in [-0.2, 0) is 9.53 Å². The summed E-state index contributed by atoms with van der Waals surface area (Å²) in [4.78, 5) is 21.4. The Bertz CT molecular complexity index is 231. The van der Waals surface area contributed by atoms with Gasteiger partial charge in [-0.1, -0.05) is 13.8 Å². The number of ether oxygens (including phenoxy) is 1. The van der Waals surface area contributed by atoms with Gasteiger partial charge in [-0.05, 0) is 5.92 Å². The number of carboxylic acids is 1. The second-order valence-electron chi connectivity index (χ2n) is 3.80. The molecular weight excluding hydrogens is 212 g/mol. The van der Waals surface area contributed by atoms with Crippen LogP contribution in [0.2, 0.25) is 0 Å². The molecule has 3 N–H and O–H groups in total. The molecular formula is C10H20N2O4. The first kappa shape index (κ1) is 14.7. The number of nitrogens with one attached hydrogen (secondary N) is 2. The molecule has 0 saturated heterocycles. The molecule has 0 spiro atoms. The molecule has 0 saturated carbocycles. The van der Waals surface area contributed by atoms with Crippen LogP contribution in [0.25, 0.3) is 0 Å². The van der Waals surface area contributed by atoms with Crippen LogP contribution in [0.4, 0.5) is 4.79 Å². The third-order valence-electron chi connectivity index (χ3n) is 2.13. The van der Waals surface area contributed by atoms with Gasteiger partial charge in [-0.15, -0.1) is 0 Å². The summed E-state index contributed by atoms with van der Waals surface area (Å²) in [5.41, 5.74) is 0. The maximum atomic E-state index is 11.2. The summed E-state index contributed by atoms with van der Waals surface area (Å²) in [6.45, 7) is 4.53. The number of hydrogen-bond donors (Lipinski definition) is 3. The van der Waals surface area contributed by atoms with Crippen molar-refractivity contribution in [2.45, 2.75) is 26.4 Å². The summed E-state index contributed by atoms with van der Waals surface area (Å²) < 4.78 is 5.17. The number of urea groups is 1. The number of amides is 2. The summed E-state index contributed by atoms with van der Waals surface area (Å²) in [6.07, 6.45) is -0.115. The van der Waals surface area contributed by atoms with Crippen molar-refractivity contribution in [3.63, 3.8) is 0 Å². The van der Waals surface area contributed by atoms with Crippen LogP contribution in [0.15, 0.2) is 0 Å². The average molecular weight is 232 g/mol. The van der Waals surface area contributed by atoms with E-state index in [1.54, 1.807) is 7.11 Å². The Labute approximate surface area is 95.4 Å². The highest BCUT2D eigenvalue weighted by atomic mass is 16.5. The van der Waals surface area contributed by atoms with E-state index < -0.39 is 5.97 Å². The summed E-state index contributed by atoms with van der Waals surface area (Å²) >= 11 is 0. The second kappa shape index (κ2) is 7.92. The van der Waals surface area contributed by atoms with Gasteiger partial charge in [0.2, 0.25) is 0 Å². The van der Waals surface area contributed by atoms with Crippen molar-refractivity contribution in [1.29, 1.82) is 0 Å². The molecule has 0 aliphatic carbocycles. The van der Waals surface area contributed by atoms with Gasteiger partial charge in [0.05, 0.1) is 12.5 Å². The van der Waals surface area contributed by atoms with Gasteiger partial charge < -0.3 is 20.5 Å². The van der Waals surface area contributed by atoms with Crippen LogP contribution in [0.5, 0.6) is 0 Å². The molecule has 6 nitrogen and oxygen atoms in total. The fraction of sp³-hybridized carbons (Fsp3) is 0.800. The minimum absolute atomic E-state index is 0.0368. The van der Waals surface area contributed by atoms with Crippen molar-refractivity contribution in [1.82, 2.24) is 10.6 Å². The smallest absolute Gasteiger partial charge is 0.314 e. The van der Waals surface area contributed by atoms with Crippen LogP contribution in [-0.4, -0.2) is 43.4 Å². The first-order valence-corrected chi connectivity index (χ1v) is 5.23. The largest absolute Gasteiger partial charge is 0.481 e. The van der Waals surface area contributed by atoms with Gasteiger partial charge >= 0.3 is 12.0 Å². The van der Waals surface area contributed by atoms with E-state index in [1.165, 1.54) is 0 Å². The van der Waals surface area contributed by atoms with E-state index in [0.717, 1.165) is 0 Å². The SMILES string of the molecule is COC(CNC(=O)NCCC(=O)O)C(C)C. The van der Waals surface area contributed by atoms with Crippen molar-refractivity contribution in [2.24, 2.45) is 5.92 Å². The van der Waals surface area contributed by atoms with Gasteiger partial charge in [-0.3, -0.25) is 4.79 Å². The molecule has 0 aliphatic rings. The van der Waals surface area contributed by atoms with Gasteiger partial charge in [-0.25, -0.2) is 4.79 Å². The zero-order valence-electron chi connectivity index (χ0n) is 9.95. The highest BCUT2D eigenvalue weighted by Crippen LogP contribution is 2.03. The molecule has 0 aromatic heterocycles. The molecule has 0 heterocycles. The van der Waals surface area contributed by atoms with Crippen molar-refractivity contribution in [2.75, 3.05) is 20.2 Å². The number of rotatable bonds is 7. The number of aliphatic carboxylic acids is 1. The van der Waals surface area contributed by atoms with Gasteiger partial charge in [0.25, 0.3) is 0 Å². The van der Waals surface area contributed by atoms with E-state index in [9.17, 15) is 9.59 Å². The van der Waals surface area contributed by atoms with Crippen molar-refractivity contribution in [3.8, 4) is 0 Å². The summed E-state index contributed by atoms with van der Waals surface area (Å²) in [7, 11) is 1.59. The topological polar surface area (TPSA) is 87.7 Å². The van der Waals surface area contributed by atoms with Gasteiger partial charge in [0.15, 0.2) is 0 Å². The Morgan fingerprint density at radius 2 is 1.94 bits per heavy atom. The lowest BCUT2D eigenvalue weighted by molar-refractivity contribution is -0.136. The first-order valence-electron chi connectivity index (χ1n) is 5.23. The maximum absolute atomic E-state index is 11.2. The average Bonchev–Trinajstić information content (AvgIpc) is 2.17. The Balaban J connectivity index is 3.67. The Morgan fingerprint density at radius 3 is 2.38 bits per heavy atom. The highest BCUT2D eigenvalue weighted by Gasteiger charge is 2.13. The predicted molar refractivity (Wildman–Crippen MR) is 59.3 cm³/mol. The normalized spacial score (nSPS) is 12.2.